The molecule has 0 unspecified atom stereocenters. The molecule has 2 nitrogen and oxygen atoms in total. The topological polar surface area (TPSA) is 18.5 Å². The third-order valence-electron chi connectivity index (χ3n) is 1.15. The summed E-state index contributed by atoms with van der Waals surface area (Å²) in [6, 6.07) is 0. The van der Waals surface area contributed by atoms with E-state index in [1.165, 1.54) is 0 Å². The summed E-state index contributed by atoms with van der Waals surface area (Å²) < 4.78 is 10.6. The first kappa shape index (κ1) is 9.14. The molecular weight excluding hydrogens is 132 g/mol. The second-order valence-electron chi connectivity index (χ2n) is 2.45. The van der Waals surface area contributed by atoms with E-state index in [9.17, 15) is 0 Å². The van der Waals surface area contributed by atoms with E-state index in [4.69, 9.17) is 8.85 Å². The predicted octanol–water partition coefficient (Wildman–Crippen LogP) is 1.76. The van der Waals surface area contributed by atoms with Crippen molar-refractivity contribution in [1.29, 1.82) is 0 Å². The summed E-state index contributed by atoms with van der Waals surface area (Å²) >= 11 is 0. The lowest BCUT2D eigenvalue weighted by Gasteiger charge is -2.19. The zero-order valence-corrected chi connectivity index (χ0v) is 7.73. The van der Waals surface area contributed by atoms with Crippen molar-refractivity contribution in [2.45, 2.75) is 26.4 Å². The molecule has 0 saturated heterocycles. The zero-order chi connectivity index (χ0) is 7.33. The van der Waals surface area contributed by atoms with Crippen LogP contribution in [0.3, 0.4) is 0 Å². The fraction of sp³-hybridized carbons (Fsp3) is 1.00. The van der Waals surface area contributed by atoms with Crippen molar-refractivity contribution < 1.29 is 8.85 Å². The van der Waals surface area contributed by atoms with Crippen LogP contribution in [0, 0.1) is 0 Å². The average Bonchev–Trinajstić information content (AvgIpc) is 1.84. The molecule has 0 amide bonds. The molecule has 0 rings (SSSR count). The van der Waals surface area contributed by atoms with Gasteiger partial charge in [0.1, 0.15) is 0 Å². The van der Waals surface area contributed by atoms with Crippen LogP contribution in [0.5, 0.6) is 0 Å². The lowest BCUT2D eigenvalue weighted by atomic mass is 10.5. The molecule has 0 aliphatic heterocycles. The minimum Gasteiger partial charge on any atom is -0.398 e. The van der Waals surface area contributed by atoms with Crippen LogP contribution in [-0.4, -0.2) is 22.3 Å². The fourth-order valence-corrected chi connectivity index (χ4v) is 1.22. The second-order valence-corrected chi connectivity index (χ2v) is 5.95. The Morgan fingerprint density at radius 3 is 2.22 bits per heavy atom. The van der Waals surface area contributed by atoms with Gasteiger partial charge in [0.05, 0.1) is 0 Å². The van der Waals surface area contributed by atoms with Crippen LogP contribution in [0.1, 0.15) is 13.3 Å². The summed E-state index contributed by atoms with van der Waals surface area (Å²) in [6.07, 6.45) is 1.07. The Morgan fingerprint density at radius 2 is 1.89 bits per heavy atom. The van der Waals surface area contributed by atoms with Gasteiger partial charge in [-0.05, 0) is 19.5 Å². The van der Waals surface area contributed by atoms with E-state index in [-0.39, 0.29) is 0 Å². The van der Waals surface area contributed by atoms with Crippen LogP contribution >= 0.6 is 0 Å². The van der Waals surface area contributed by atoms with Crippen LogP contribution in [0.15, 0.2) is 0 Å². The van der Waals surface area contributed by atoms with Crippen LogP contribution in [0.2, 0.25) is 13.1 Å². The average molecular weight is 148 g/mol. The van der Waals surface area contributed by atoms with Gasteiger partial charge in [-0.2, -0.15) is 0 Å². The molecule has 0 aliphatic carbocycles. The first-order valence-electron chi connectivity index (χ1n) is 3.31. The highest BCUT2D eigenvalue weighted by Gasteiger charge is 2.21. The molecule has 0 spiro atoms. The monoisotopic (exact) mass is 148 g/mol. The summed E-state index contributed by atoms with van der Waals surface area (Å²) in [7, 11) is 0.0120. The summed E-state index contributed by atoms with van der Waals surface area (Å²) in [5.74, 6) is 0. The molecule has 0 atom stereocenters. The molecule has 0 aromatic carbocycles. The van der Waals surface area contributed by atoms with E-state index >= 15 is 0 Å². The van der Waals surface area contributed by atoms with E-state index in [1.807, 2.05) is 13.1 Å². The van der Waals surface area contributed by atoms with Gasteiger partial charge >= 0.3 is 8.56 Å². The maximum Gasteiger partial charge on any atom is 0.331 e. The molecule has 0 aromatic rings. The third-order valence-corrected chi connectivity index (χ3v) is 3.03. The summed E-state index contributed by atoms with van der Waals surface area (Å²) in [4.78, 5) is 0. The van der Waals surface area contributed by atoms with Crippen LogP contribution in [-0.2, 0) is 8.85 Å². The smallest absolute Gasteiger partial charge is 0.331 e. The van der Waals surface area contributed by atoms with Crippen LogP contribution in [0.4, 0.5) is 0 Å². The Bertz CT molecular complexity index is 73.5. The molecule has 0 N–H and O–H groups in total. The van der Waals surface area contributed by atoms with Gasteiger partial charge < -0.3 is 8.85 Å². The second kappa shape index (κ2) is 4.03. The molecule has 0 radical (unpaired) electrons. The van der Waals surface area contributed by atoms with Crippen molar-refractivity contribution in [3.05, 3.63) is 0 Å². The molecule has 0 saturated carbocycles. The van der Waals surface area contributed by atoms with E-state index < -0.39 is 8.56 Å². The first-order valence-corrected chi connectivity index (χ1v) is 6.13. The van der Waals surface area contributed by atoms with Gasteiger partial charge in [-0.1, -0.05) is 6.92 Å². The standard InChI is InChI=1S/C6H16O2Si/c1-5-6-8-9(3,4)7-2/h5-6H2,1-4H3. The van der Waals surface area contributed by atoms with Crippen molar-refractivity contribution >= 4 is 8.56 Å². The quantitative estimate of drug-likeness (QED) is 0.566. The largest absolute Gasteiger partial charge is 0.398 e. The third kappa shape index (κ3) is 4.63. The molecule has 3 heteroatoms. The van der Waals surface area contributed by atoms with Gasteiger partial charge in [-0.25, -0.2) is 0 Å². The van der Waals surface area contributed by atoms with Gasteiger partial charge in [0, 0.05) is 13.7 Å². The van der Waals surface area contributed by atoms with Gasteiger partial charge in [-0.3, -0.25) is 0 Å². The highest BCUT2D eigenvalue weighted by atomic mass is 28.4. The van der Waals surface area contributed by atoms with E-state index in [0.717, 1.165) is 13.0 Å². The first-order chi connectivity index (χ1) is 4.12. The molecule has 0 aliphatic rings. The summed E-state index contributed by atoms with van der Waals surface area (Å²) in [6.45, 7) is 7.01. The van der Waals surface area contributed by atoms with Gasteiger partial charge in [0.25, 0.3) is 0 Å². The molecule has 0 aromatic heterocycles. The van der Waals surface area contributed by atoms with Gasteiger partial charge in [0.15, 0.2) is 0 Å². The van der Waals surface area contributed by atoms with Crippen molar-refractivity contribution in [2.75, 3.05) is 13.7 Å². The minimum absolute atomic E-state index is 0.826. The minimum atomic E-state index is -1.70. The van der Waals surface area contributed by atoms with Crippen molar-refractivity contribution in [2.24, 2.45) is 0 Å². The summed E-state index contributed by atoms with van der Waals surface area (Å²) in [5.41, 5.74) is 0. The molecule has 0 bridgehead atoms. The van der Waals surface area contributed by atoms with Gasteiger partial charge in [-0.15, -0.1) is 0 Å². The van der Waals surface area contributed by atoms with E-state index in [2.05, 4.69) is 6.92 Å². The lowest BCUT2D eigenvalue weighted by Crippen LogP contribution is -2.33. The summed E-state index contributed by atoms with van der Waals surface area (Å²) in [5, 5.41) is 0. The highest BCUT2D eigenvalue weighted by molar-refractivity contribution is 6.64. The van der Waals surface area contributed by atoms with Crippen molar-refractivity contribution in [1.82, 2.24) is 0 Å². The number of hydrogen-bond donors (Lipinski definition) is 0. The molecule has 0 heterocycles. The maximum absolute atomic E-state index is 5.44. The number of hydrogen-bond acceptors (Lipinski definition) is 2. The van der Waals surface area contributed by atoms with Crippen molar-refractivity contribution in [3.8, 4) is 0 Å². The SMILES string of the molecule is CCCO[Si](C)(C)OC. The Labute approximate surface area is 58.4 Å². The molecule has 9 heavy (non-hydrogen) atoms. The Kier molecular flexibility index (Phi) is 4.09. The highest BCUT2D eigenvalue weighted by Crippen LogP contribution is 2.03. The van der Waals surface area contributed by atoms with Crippen molar-refractivity contribution in [3.63, 3.8) is 0 Å². The van der Waals surface area contributed by atoms with Crippen LogP contribution < -0.4 is 0 Å². The lowest BCUT2D eigenvalue weighted by molar-refractivity contribution is 0.211. The molecule has 56 valence electrons. The molecular formula is C6H16O2Si. The fourth-order valence-electron chi connectivity index (χ4n) is 0.407. The zero-order valence-electron chi connectivity index (χ0n) is 6.73. The van der Waals surface area contributed by atoms with E-state index in [0.29, 0.717) is 0 Å². The Morgan fingerprint density at radius 1 is 1.33 bits per heavy atom. The van der Waals surface area contributed by atoms with Gasteiger partial charge in [0.2, 0.25) is 0 Å². The number of rotatable bonds is 4. The maximum atomic E-state index is 5.44. The normalized spacial score (nSPS) is 12.0. The Balaban J connectivity index is 3.33. The predicted molar refractivity (Wildman–Crippen MR) is 40.7 cm³/mol. The molecule has 0 fully saturated rings. The van der Waals surface area contributed by atoms with Crippen LogP contribution in [0.25, 0.3) is 0 Å². The van der Waals surface area contributed by atoms with E-state index in [1.54, 1.807) is 7.11 Å². The Hall–Kier alpha value is 0.137.